The molecule has 2 aromatic heterocycles. The van der Waals surface area contributed by atoms with Crippen molar-refractivity contribution in [2.75, 3.05) is 7.11 Å². The first-order valence-electron chi connectivity index (χ1n) is 8.25. The van der Waals surface area contributed by atoms with Crippen molar-refractivity contribution in [3.05, 3.63) is 79.8 Å². The van der Waals surface area contributed by atoms with Crippen molar-refractivity contribution in [2.24, 2.45) is 0 Å². The Hall–Kier alpha value is -2.83. The number of halogens is 2. The molecule has 0 atom stereocenters. The molecule has 2 heterocycles. The van der Waals surface area contributed by atoms with E-state index < -0.39 is 5.97 Å². The first-order chi connectivity index (χ1) is 13.4. The predicted molar refractivity (Wildman–Crippen MR) is 108 cm³/mol. The number of nitrogens with zero attached hydrogens (tertiary/aromatic N) is 2. The fourth-order valence-electron chi connectivity index (χ4n) is 2.55. The number of fused-ring (bicyclic) bond motifs is 1. The van der Waals surface area contributed by atoms with Crippen molar-refractivity contribution in [1.82, 2.24) is 9.38 Å². The van der Waals surface area contributed by atoms with Crippen LogP contribution in [0.1, 0.15) is 17.0 Å². The molecule has 0 radical (unpaired) electrons. The topological polar surface area (TPSA) is 69.9 Å². The lowest BCUT2D eigenvalue weighted by Crippen LogP contribution is -2.19. The molecule has 0 saturated carbocycles. The normalized spacial score (nSPS) is 11.1. The lowest BCUT2D eigenvalue weighted by Gasteiger charge is -2.09. The summed E-state index contributed by atoms with van der Waals surface area (Å²) in [5, 5.41) is 0.601. The van der Waals surface area contributed by atoms with Gasteiger partial charge >= 0.3 is 5.97 Å². The number of methoxy groups -OCH3 is 1. The Morgan fingerprint density at radius 2 is 1.89 bits per heavy atom. The Morgan fingerprint density at radius 1 is 1.18 bits per heavy atom. The van der Waals surface area contributed by atoms with Crippen LogP contribution >= 0.6 is 23.2 Å². The largest absolute Gasteiger partial charge is 0.497 e. The number of benzene rings is 1. The smallest absolute Gasteiger partial charge is 0.331 e. The van der Waals surface area contributed by atoms with E-state index in [0.29, 0.717) is 16.4 Å². The SMILES string of the molecule is COc1ccc(/C=C/C(=O)OCc2cc(=O)n3c(C)c(Cl)cc(Cl)c3n2)cc1. The maximum Gasteiger partial charge on any atom is 0.331 e. The van der Waals surface area contributed by atoms with Crippen molar-refractivity contribution >= 4 is 40.9 Å². The van der Waals surface area contributed by atoms with E-state index in [4.69, 9.17) is 32.7 Å². The number of aryl methyl sites for hydroxylation is 1. The number of aromatic nitrogens is 2. The van der Waals surface area contributed by atoms with Gasteiger partial charge in [0.25, 0.3) is 5.56 Å². The first kappa shape index (κ1) is 19.9. The van der Waals surface area contributed by atoms with E-state index in [2.05, 4.69) is 4.98 Å². The molecule has 1 aromatic carbocycles. The number of carbonyl (C=O) groups excluding carboxylic acids is 1. The quantitative estimate of drug-likeness (QED) is 0.461. The summed E-state index contributed by atoms with van der Waals surface area (Å²) in [6, 6.07) is 10.00. The Morgan fingerprint density at radius 3 is 2.57 bits per heavy atom. The van der Waals surface area contributed by atoms with E-state index in [1.807, 2.05) is 12.1 Å². The number of ether oxygens (including phenoxy) is 2. The van der Waals surface area contributed by atoms with Gasteiger partial charge in [0.05, 0.1) is 22.8 Å². The van der Waals surface area contributed by atoms with Crippen LogP contribution in [0.4, 0.5) is 0 Å². The third kappa shape index (κ3) is 4.35. The van der Waals surface area contributed by atoms with Gasteiger partial charge in [-0.3, -0.25) is 9.20 Å². The zero-order valence-corrected chi connectivity index (χ0v) is 16.6. The Kier molecular flexibility index (Phi) is 6.02. The number of pyridine rings is 1. The molecule has 3 aromatic rings. The van der Waals surface area contributed by atoms with Crippen molar-refractivity contribution < 1.29 is 14.3 Å². The summed E-state index contributed by atoms with van der Waals surface area (Å²) in [6.45, 7) is 1.54. The highest BCUT2D eigenvalue weighted by Gasteiger charge is 2.12. The highest BCUT2D eigenvalue weighted by molar-refractivity contribution is 6.36. The second kappa shape index (κ2) is 8.46. The number of hydrogen-bond donors (Lipinski definition) is 0. The zero-order chi connectivity index (χ0) is 20.3. The molecule has 0 unspecified atom stereocenters. The summed E-state index contributed by atoms with van der Waals surface area (Å²) in [4.78, 5) is 28.6. The lowest BCUT2D eigenvalue weighted by molar-refractivity contribution is -0.139. The van der Waals surface area contributed by atoms with Gasteiger partial charge < -0.3 is 9.47 Å². The van der Waals surface area contributed by atoms with Gasteiger partial charge in [-0.1, -0.05) is 35.3 Å². The third-order valence-corrected chi connectivity index (χ3v) is 4.67. The van der Waals surface area contributed by atoms with Gasteiger partial charge in [0.15, 0.2) is 5.65 Å². The van der Waals surface area contributed by atoms with Crippen LogP contribution < -0.4 is 10.3 Å². The summed E-state index contributed by atoms with van der Waals surface area (Å²) in [5.41, 5.74) is 1.55. The number of esters is 1. The Bertz CT molecular complexity index is 1120. The molecule has 0 spiro atoms. The monoisotopic (exact) mass is 418 g/mol. The summed E-state index contributed by atoms with van der Waals surface area (Å²) in [7, 11) is 1.58. The summed E-state index contributed by atoms with van der Waals surface area (Å²) >= 11 is 12.2. The molecular formula is C20H16Cl2N2O4. The van der Waals surface area contributed by atoms with Crippen LogP contribution in [0.15, 0.2) is 47.3 Å². The van der Waals surface area contributed by atoms with E-state index in [1.165, 1.54) is 22.6 Å². The standard InChI is InChI=1S/C20H16Cl2N2O4/c1-12-16(21)10-17(22)20-23-14(9-18(25)24(12)20)11-28-19(26)8-5-13-3-6-15(27-2)7-4-13/h3-10H,11H2,1-2H3/b8-5+. The molecule has 6 nitrogen and oxygen atoms in total. The second-order valence-electron chi connectivity index (χ2n) is 5.88. The van der Waals surface area contributed by atoms with Crippen molar-refractivity contribution in [3.63, 3.8) is 0 Å². The molecule has 0 aliphatic heterocycles. The summed E-state index contributed by atoms with van der Waals surface area (Å²) < 4.78 is 11.6. The zero-order valence-electron chi connectivity index (χ0n) is 15.1. The van der Waals surface area contributed by atoms with Crippen LogP contribution in [-0.4, -0.2) is 22.5 Å². The first-order valence-corrected chi connectivity index (χ1v) is 9.01. The Balaban J connectivity index is 1.73. The van der Waals surface area contributed by atoms with Gasteiger partial charge in [0.2, 0.25) is 0 Å². The number of hydrogen-bond acceptors (Lipinski definition) is 5. The van der Waals surface area contributed by atoms with Gasteiger partial charge in [-0.25, -0.2) is 9.78 Å². The fraction of sp³-hybridized carbons (Fsp3) is 0.150. The lowest BCUT2D eigenvalue weighted by atomic mass is 10.2. The van der Waals surface area contributed by atoms with Crippen molar-refractivity contribution in [2.45, 2.75) is 13.5 Å². The molecule has 0 amide bonds. The molecule has 0 aliphatic rings. The van der Waals surface area contributed by atoms with Crippen LogP contribution in [-0.2, 0) is 16.1 Å². The van der Waals surface area contributed by atoms with Gasteiger partial charge in [0, 0.05) is 17.8 Å². The molecule has 3 rings (SSSR count). The van der Waals surface area contributed by atoms with Gasteiger partial charge in [-0.15, -0.1) is 0 Å². The van der Waals surface area contributed by atoms with Crippen LogP contribution in [0.5, 0.6) is 5.75 Å². The maximum absolute atomic E-state index is 12.4. The van der Waals surface area contributed by atoms with E-state index >= 15 is 0 Å². The minimum absolute atomic E-state index is 0.157. The molecule has 0 fully saturated rings. The molecule has 0 saturated heterocycles. The molecular weight excluding hydrogens is 403 g/mol. The second-order valence-corrected chi connectivity index (χ2v) is 6.70. The number of carbonyl (C=O) groups is 1. The summed E-state index contributed by atoms with van der Waals surface area (Å²) in [5.74, 6) is 0.166. The highest BCUT2D eigenvalue weighted by Crippen LogP contribution is 2.23. The molecule has 28 heavy (non-hydrogen) atoms. The average molecular weight is 419 g/mol. The molecule has 8 heteroatoms. The highest BCUT2D eigenvalue weighted by atomic mass is 35.5. The molecule has 0 aliphatic carbocycles. The fourth-order valence-corrected chi connectivity index (χ4v) is 3.03. The minimum atomic E-state index is -0.559. The molecule has 144 valence electrons. The average Bonchev–Trinajstić information content (AvgIpc) is 2.69. The van der Waals surface area contributed by atoms with Crippen molar-refractivity contribution in [3.8, 4) is 5.75 Å². The van der Waals surface area contributed by atoms with E-state index in [9.17, 15) is 9.59 Å². The van der Waals surface area contributed by atoms with Crippen LogP contribution in [0.25, 0.3) is 11.7 Å². The van der Waals surface area contributed by atoms with Gasteiger partial charge in [-0.05, 0) is 36.8 Å². The minimum Gasteiger partial charge on any atom is -0.497 e. The predicted octanol–water partition coefficient (Wildman–Crippen LogP) is 4.07. The maximum atomic E-state index is 12.4. The Labute approximate surface area is 170 Å². The van der Waals surface area contributed by atoms with E-state index in [0.717, 1.165) is 11.3 Å². The van der Waals surface area contributed by atoms with Gasteiger partial charge in [0.1, 0.15) is 12.4 Å². The molecule has 0 bridgehead atoms. The van der Waals surface area contributed by atoms with Crippen LogP contribution in [0.3, 0.4) is 0 Å². The van der Waals surface area contributed by atoms with Crippen molar-refractivity contribution in [1.29, 1.82) is 0 Å². The summed E-state index contributed by atoms with van der Waals surface area (Å²) in [6.07, 6.45) is 2.92. The van der Waals surface area contributed by atoms with Crippen LogP contribution in [0, 0.1) is 6.92 Å². The third-order valence-electron chi connectivity index (χ3n) is 4.01. The number of rotatable bonds is 5. The molecule has 0 N–H and O–H groups in total. The van der Waals surface area contributed by atoms with Crippen LogP contribution in [0.2, 0.25) is 10.0 Å². The van der Waals surface area contributed by atoms with Gasteiger partial charge in [-0.2, -0.15) is 0 Å². The van der Waals surface area contributed by atoms with E-state index in [1.54, 1.807) is 32.2 Å². The van der Waals surface area contributed by atoms with E-state index in [-0.39, 0.29) is 22.8 Å².